The molecule has 0 saturated heterocycles. The van der Waals surface area contributed by atoms with Gasteiger partial charge in [-0.2, -0.15) is 10.5 Å². The number of amides is 1. The molecule has 134 valence electrons. The summed E-state index contributed by atoms with van der Waals surface area (Å²) in [6.07, 6.45) is 0.477. The van der Waals surface area contributed by atoms with E-state index >= 15 is 0 Å². The van der Waals surface area contributed by atoms with Crippen molar-refractivity contribution in [2.24, 2.45) is 7.05 Å². The van der Waals surface area contributed by atoms with Crippen molar-refractivity contribution in [3.63, 3.8) is 0 Å². The fourth-order valence-electron chi connectivity index (χ4n) is 2.27. The van der Waals surface area contributed by atoms with Gasteiger partial charge in [0.05, 0.1) is 35.8 Å². The lowest BCUT2D eigenvalue weighted by atomic mass is 10.2. The Kier molecular flexibility index (Phi) is 7.46. The predicted octanol–water partition coefficient (Wildman–Crippen LogP) is 2.88. The molecule has 1 amide bonds. The van der Waals surface area contributed by atoms with Gasteiger partial charge < -0.3 is 9.47 Å². The first kappa shape index (κ1) is 19.8. The molecule has 0 unspecified atom stereocenters. The van der Waals surface area contributed by atoms with Crippen LogP contribution in [0.3, 0.4) is 0 Å². The Bertz CT molecular complexity index is 836. The summed E-state index contributed by atoms with van der Waals surface area (Å²) in [5.74, 6) is 0.643. The molecule has 9 heteroatoms. The monoisotopic (exact) mass is 388 g/mol. The highest BCUT2D eigenvalue weighted by Gasteiger charge is 2.17. The quantitative estimate of drug-likeness (QED) is 0.645. The van der Waals surface area contributed by atoms with E-state index in [1.807, 2.05) is 37.4 Å². The number of nitriles is 2. The van der Waals surface area contributed by atoms with Gasteiger partial charge in [0, 0.05) is 25.7 Å². The van der Waals surface area contributed by atoms with E-state index in [9.17, 15) is 4.79 Å². The lowest BCUT2D eigenvalue weighted by molar-refractivity contribution is -0.128. The Morgan fingerprint density at radius 1 is 1.23 bits per heavy atom. The second-order valence-electron chi connectivity index (χ2n) is 5.33. The number of nitrogens with zero attached hydrogens (tertiary/aromatic N) is 6. The zero-order valence-electron chi connectivity index (χ0n) is 14.2. The van der Waals surface area contributed by atoms with Crippen molar-refractivity contribution in [1.82, 2.24) is 19.7 Å². The number of carbonyl (C=O) groups excluding carboxylic acids is 1. The summed E-state index contributed by atoms with van der Waals surface area (Å²) in [4.78, 5) is 13.9. The van der Waals surface area contributed by atoms with Crippen LogP contribution in [0.25, 0.3) is 11.4 Å². The molecular formula is C17H17ClN6OS. The van der Waals surface area contributed by atoms with E-state index in [4.69, 9.17) is 22.1 Å². The number of hydrogen-bond donors (Lipinski definition) is 0. The van der Waals surface area contributed by atoms with E-state index in [0.29, 0.717) is 29.1 Å². The van der Waals surface area contributed by atoms with E-state index < -0.39 is 0 Å². The number of aromatic nitrogens is 3. The number of halogens is 1. The molecule has 1 aromatic carbocycles. The number of hydrogen-bond acceptors (Lipinski definition) is 6. The van der Waals surface area contributed by atoms with E-state index in [0.717, 1.165) is 5.56 Å². The van der Waals surface area contributed by atoms with Crippen molar-refractivity contribution in [3.05, 3.63) is 29.3 Å². The van der Waals surface area contributed by atoms with Crippen LogP contribution < -0.4 is 0 Å². The maximum absolute atomic E-state index is 12.4. The van der Waals surface area contributed by atoms with Gasteiger partial charge >= 0.3 is 0 Å². The molecule has 1 aromatic heterocycles. The highest BCUT2D eigenvalue weighted by molar-refractivity contribution is 7.99. The van der Waals surface area contributed by atoms with Gasteiger partial charge in [-0.3, -0.25) is 4.79 Å². The Labute approximate surface area is 161 Å². The van der Waals surface area contributed by atoms with Gasteiger partial charge in [0.15, 0.2) is 11.0 Å². The van der Waals surface area contributed by atoms with Gasteiger partial charge in [0.1, 0.15) is 0 Å². The second-order valence-corrected chi connectivity index (χ2v) is 6.68. The van der Waals surface area contributed by atoms with Crippen LogP contribution in [-0.2, 0) is 11.8 Å². The lowest BCUT2D eigenvalue weighted by Crippen LogP contribution is -2.34. The van der Waals surface area contributed by atoms with Gasteiger partial charge in [-0.1, -0.05) is 35.5 Å². The van der Waals surface area contributed by atoms with E-state index in [-0.39, 0.29) is 24.5 Å². The molecule has 0 bridgehead atoms. The van der Waals surface area contributed by atoms with Crippen LogP contribution >= 0.6 is 23.4 Å². The minimum absolute atomic E-state index is 0.136. The highest BCUT2D eigenvalue weighted by atomic mass is 35.5. The van der Waals surface area contributed by atoms with Crippen molar-refractivity contribution in [3.8, 4) is 23.5 Å². The number of carbonyl (C=O) groups is 1. The van der Waals surface area contributed by atoms with Crippen molar-refractivity contribution >= 4 is 29.3 Å². The summed E-state index contributed by atoms with van der Waals surface area (Å²) in [6.45, 7) is 0.641. The maximum atomic E-state index is 12.4. The fraction of sp³-hybridized carbons (Fsp3) is 0.353. The molecule has 7 nitrogen and oxygen atoms in total. The third-order valence-electron chi connectivity index (χ3n) is 3.61. The van der Waals surface area contributed by atoms with Crippen LogP contribution in [0.2, 0.25) is 5.02 Å². The first-order chi connectivity index (χ1) is 12.6. The first-order valence-corrected chi connectivity index (χ1v) is 9.23. The molecule has 0 aliphatic heterocycles. The summed E-state index contributed by atoms with van der Waals surface area (Å²) < 4.78 is 1.79. The van der Waals surface area contributed by atoms with Crippen LogP contribution in [0.4, 0.5) is 0 Å². The normalized spacial score (nSPS) is 10.2. The topological polar surface area (TPSA) is 98.6 Å². The van der Waals surface area contributed by atoms with Gasteiger partial charge in [-0.05, 0) is 12.1 Å². The SMILES string of the molecule is Cn1c(SCC(=O)N(CCC#N)CCC#N)nnc1-c1ccccc1Cl. The minimum atomic E-state index is -0.136. The third kappa shape index (κ3) is 4.98. The lowest BCUT2D eigenvalue weighted by Gasteiger charge is -2.19. The molecular weight excluding hydrogens is 372 g/mol. The number of thioether (sulfide) groups is 1. The summed E-state index contributed by atoms with van der Waals surface area (Å²) in [6, 6.07) is 11.4. The number of benzene rings is 1. The van der Waals surface area contributed by atoms with Crippen LogP contribution in [0.1, 0.15) is 12.8 Å². The van der Waals surface area contributed by atoms with Crippen molar-refractivity contribution < 1.29 is 4.79 Å². The Balaban J connectivity index is 2.05. The molecule has 0 aliphatic rings. The first-order valence-electron chi connectivity index (χ1n) is 7.87. The zero-order valence-corrected chi connectivity index (χ0v) is 15.8. The van der Waals surface area contributed by atoms with E-state index in [1.54, 1.807) is 10.6 Å². The van der Waals surface area contributed by atoms with Crippen LogP contribution in [0, 0.1) is 22.7 Å². The van der Waals surface area contributed by atoms with Crippen molar-refractivity contribution in [2.75, 3.05) is 18.8 Å². The average molecular weight is 389 g/mol. The average Bonchev–Trinajstić information content (AvgIpc) is 3.00. The predicted molar refractivity (Wildman–Crippen MR) is 99.2 cm³/mol. The standard InChI is InChI=1S/C17H17ClN6OS/c1-23-16(13-6-2-3-7-14(13)18)21-22-17(23)26-12-15(25)24(10-4-8-19)11-5-9-20/h2-3,6-7H,4-5,10-12H2,1H3. The molecule has 0 saturated carbocycles. The van der Waals surface area contributed by atoms with Gasteiger partial charge in [0.25, 0.3) is 0 Å². The van der Waals surface area contributed by atoms with Crippen LogP contribution in [0.5, 0.6) is 0 Å². The molecule has 1 heterocycles. The molecule has 0 atom stereocenters. The molecule has 0 fully saturated rings. The smallest absolute Gasteiger partial charge is 0.233 e. The summed E-state index contributed by atoms with van der Waals surface area (Å²) in [7, 11) is 1.81. The van der Waals surface area contributed by atoms with Crippen LogP contribution in [0.15, 0.2) is 29.4 Å². The van der Waals surface area contributed by atoms with Gasteiger partial charge in [-0.25, -0.2) is 0 Å². The minimum Gasteiger partial charge on any atom is -0.340 e. The molecule has 2 aromatic rings. The molecule has 0 aliphatic carbocycles. The van der Waals surface area contributed by atoms with Crippen molar-refractivity contribution in [2.45, 2.75) is 18.0 Å². The zero-order chi connectivity index (χ0) is 18.9. The highest BCUT2D eigenvalue weighted by Crippen LogP contribution is 2.28. The largest absolute Gasteiger partial charge is 0.340 e. The molecule has 0 radical (unpaired) electrons. The third-order valence-corrected chi connectivity index (χ3v) is 4.95. The molecule has 0 spiro atoms. The maximum Gasteiger partial charge on any atom is 0.233 e. The second kappa shape index (κ2) is 9.81. The fourth-order valence-corrected chi connectivity index (χ4v) is 3.30. The molecule has 2 rings (SSSR count). The van der Waals surface area contributed by atoms with Gasteiger partial charge in [-0.15, -0.1) is 10.2 Å². The summed E-state index contributed by atoms with van der Waals surface area (Å²) >= 11 is 7.47. The van der Waals surface area contributed by atoms with E-state index in [2.05, 4.69) is 10.2 Å². The summed E-state index contributed by atoms with van der Waals surface area (Å²) in [5.41, 5.74) is 0.770. The molecule has 0 N–H and O–H groups in total. The van der Waals surface area contributed by atoms with Crippen LogP contribution in [-0.4, -0.2) is 44.4 Å². The van der Waals surface area contributed by atoms with Gasteiger partial charge in [0.2, 0.25) is 5.91 Å². The van der Waals surface area contributed by atoms with Crippen molar-refractivity contribution in [1.29, 1.82) is 10.5 Å². The Hall–Kier alpha value is -2.55. The summed E-state index contributed by atoms with van der Waals surface area (Å²) in [5, 5.41) is 26.9. The Morgan fingerprint density at radius 2 is 1.88 bits per heavy atom. The molecule has 26 heavy (non-hydrogen) atoms. The Morgan fingerprint density at radius 3 is 2.50 bits per heavy atom. The number of rotatable bonds is 8. The van der Waals surface area contributed by atoms with E-state index in [1.165, 1.54) is 16.7 Å².